The second-order valence-corrected chi connectivity index (χ2v) is 4.17. The molecule has 0 aliphatic carbocycles. The average Bonchev–Trinajstić information content (AvgIpc) is 2.30. The third-order valence-electron chi connectivity index (χ3n) is 2.62. The Bertz CT molecular complexity index is 198. The van der Waals surface area contributed by atoms with E-state index < -0.39 is 5.97 Å². The quantitative estimate of drug-likeness (QED) is 0.342. The van der Waals surface area contributed by atoms with Crippen molar-refractivity contribution in [1.29, 1.82) is 0 Å². The molecule has 0 bridgehead atoms. The van der Waals surface area contributed by atoms with Crippen molar-refractivity contribution in [2.24, 2.45) is 0 Å². The molecule has 7 heteroatoms. The van der Waals surface area contributed by atoms with E-state index in [0.717, 1.165) is 19.6 Å². The molecule has 104 valence electrons. The summed E-state index contributed by atoms with van der Waals surface area (Å²) in [4.78, 5) is 12.4. The van der Waals surface area contributed by atoms with Crippen molar-refractivity contribution >= 4 is 65.1 Å². The largest absolute Gasteiger partial charge is 0.481 e. The van der Waals surface area contributed by atoms with Crippen molar-refractivity contribution in [2.45, 2.75) is 32.6 Å². The fraction of sp³-hybridized carbons (Fsp3) is 0.917. The number of nitrogens with one attached hydrogen (secondary N) is 1. The van der Waals surface area contributed by atoms with Gasteiger partial charge in [-0.2, -0.15) is 0 Å². The molecule has 0 rings (SSSR count). The summed E-state index contributed by atoms with van der Waals surface area (Å²) >= 11 is 0. The molecule has 0 aromatic heterocycles. The van der Waals surface area contributed by atoms with Gasteiger partial charge in [-0.05, 0) is 13.0 Å². The van der Waals surface area contributed by atoms with Gasteiger partial charge < -0.3 is 15.5 Å². The normalized spacial score (nSPS) is 9.84. The van der Waals surface area contributed by atoms with E-state index in [1.54, 1.807) is 0 Å². The molecule has 0 aliphatic rings. The van der Waals surface area contributed by atoms with Crippen LogP contribution in [0, 0.1) is 0 Å². The molecule has 0 heterocycles. The van der Waals surface area contributed by atoms with Crippen LogP contribution in [0.4, 0.5) is 0 Å². The van der Waals surface area contributed by atoms with Crippen molar-refractivity contribution < 1.29 is 15.0 Å². The smallest absolute Gasteiger partial charge is 0.304 e. The number of nitrogens with zero attached hydrogens (tertiary/aromatic N) is 1. The van der Waals surface area contributed by atoms with Gasteiger partial charge in [0.25, 0.3) is 0 Å². The monoisotopic (exact) mass is 292 g/mol. The zero-order valence-electron chi connectivity index (χ0n) is 12.8. The van der Waals surface area contributed by atoms with Crippen LogP contribution in [0.3, 0.4) is 0 Å². The number of aliphatic hydroxyl groups excluding tert-OH is 1. The second-order valence-electron chi connectivity index (χ2n) is 4.17. The predicted molar refractivity (Wildman–Crippen MR) is 79.7 cm³/mol. The van der Waals surface area contributed by atoms with Crippen LogP contribution < -0.4 is 5.32 Å². The third kappa shape index (κ3) is 19.4. The van der Waals surface area contributed by atoms with Crippen LogP contribution in [0.15, 0.2) is 0 Å². The Morgan fingerprint density at radius 3 is 2.32 bits per heavy atom. The van der Waals surface area contributed by atoms with Crippen molar-refractivity contribution in [3.63, 3.8) is 0 Å². The van der Waals surface area contributed by atoms with Crippen molar-refractivity contribution in [3.8, 4) is 0 Å². The van der Waals surface area contributed by atoms with E-state index in [-0.39, 0.29) is 72.1 Å². The maximum Gasteiger partial charge on any atom is 0.304 e. The Morgan fingerprint density at radius 2 is 1.79 bits per heavy atom. The number of carboxylic acids is 1. The first-order valence-corrected chi connectivity index (χ1v) is 6.46. The van der Waals surface area contributed by atoms with Gasteiger partial charge in [-0.3, -0.25) is 9.69 Å². The van der Waals surface area contributed by atoms with Crippen molar-refractivity contribution in [2.75, 3.05) is 39.3 Å². The van der Waals surface area contributed by atoms with Crippen molar-refractivity contribution in [1.82, 2.24) is 10.2 Å². The van der Waals surface area contributed by atoms with Gasteiger partial charge in [0.1, 0.15) is 0 Å². The van der Waals surface area contributed by atoms with Crippen LogP contribution in [0.25, 0.3) is 0 Å². The Morgan fingerprint density at radius 1 is 1.11 bits per heavy atom. The maximum absolute atomic E-state index is 10.5. The Balaban J connectivity index is -0.00000128. The molecule has 0 aromatic carbocycles. The van der Waals surface area contributed by atoms with Gasteiger partial charge in [-0.1, -0.05) is 19.8 Å². The predicted octanol–water partition coefficient (Wildman–Crippen LogP) is -0.226. The summed E-state index contributed by atoms with van der Waals surface area (Å²) < 4.78 is 0. The summed E-state index contributed by atoms with van der Waals surface area (Å²) in [5.74, 6) is -0.788. The van der Waals surface area contributed by atoms with Gasteiger partial charge in [-0.25, -0.2) is 0 Å². The van der Waals surface area contributed by atoms with Crippen LogP contribution in [-0.4, -0.2) is 120 Å². The molecule has 0 saturated carbocycles. The Kier molecular flexibility index (Phi) is 25.8. The Hall–Kier alpha value is 1.35. The Labute approximate surface area is 161 Å². The van der Waals surface area contributed by atoms with E-state index >= 15 is 0 Å². The zero-order chi connectivity index (χ0) is 12.9. The number of carbonyl (C=O) groups is 1. The maximum atomic E-state index is 10.5. The summed E-state index contributed by atoms with van der Waals surface area (Å²) in [7, 11) is 0. The fourth-order valence-electron chi connectivity index (χ4n) is 1.59. The first-order valence-electron chi connectivity index (χ1n) is 6.46. The first-order chi connectivity index (χ1) is 8.20. The minimum absolute atomic E-state index is 0. The number of rotatable bonds is 12. The molecule has 0 amide bonds. The topological polar surface area (TPSA) is 72.8 Å². The number of carboxylic acid groups (broad SMARTS) is 1. The minimum Gasteiger partial charge on any atom is -0.481 e. The SMILES string of the molecule is CCCCCNCCN(CCO)CCC(=O)O.[Na].[Na]. The van der Waals surface area contributed by atoms with Crippen LogP contribution in [0.2, 0.25) is 0 Å². The summed E-state index contributed by atoms with van der Waals surface area (Å²) in [5.41, 5.74) is 0. The van der Waals surface area contributed by atoms with E-state index in [1.807, 2.05) is 4.90 Å². The molecular formula is C12H26N2Na2O3. The van der Waals surface area contributed by atoms with E-state index in [9.17, 15) is 4.79 Å². The van der Waals surface area contributed by atoms with Gasteiger partial charge in [0.15, 0.2) is 0 Å². The molecule has 19 heavy (non-hydrogen) atoms. The van der Waals surface area contributed by atoms with E-state index in [0.29, 0.717) is 13.1 Å². The van der Waals surface area contributed by atoms with Crippen molar-refractivity contribution in [3.05, 3.63) is 0 Å². The number of aliphatic carboxylic acids is 1. The number of aliphatic hydroxyl groups is 1. The summed E-state index contributed by atoms with van der Waals surface area (Å²) in [6.45, 7) is 5.96. The van der Waals surface area contributed by atoms with Crippen LogP contribution in [-0.2, 0) is 4.79 Å². The second kappa shape index (κ2) is 19.4. The molecule has 2 radical (unpaired) electrons. The molecule has 5 nitrogen and oxygen atoms in total. The molecule has 0 atom stereocenters. The average molecular weight is 292 g/mol. The third-order valence-corrected chi connectivity index (χ3v) is 2.62. The molecule has 0 aliphatic heterocycles. The van der Waals surface area contributed by atoms with Crippen LogP contribution in [0.1, 0.15) is 32.6 Å². The molecule has 3 N–H and O–H groups in total. The van der Waals surface area contributed by atoms with E-state index in [1.165, 1.54) is 19.3 Å². The molecular weight excluding hydrogens is 266 g/mol. The standard InChI is InChI=1S/C12H26N2O3.2Na/c1-2-3-4-6-13-7-9-14(10-11-15)8-5-12(16)17;;/h13,15H,2-11H2,1H3,(H,16,17);;. The minimum atomic E-state index is -0.788. The summed E-state index contributed by atoms with van der Waals surface area (Å²) in [6, 6.07) is 0. The molecule has 0 unspecified atom stereocenters. The molecule has 0 saturated heterocycles. The summed E-state index contributed by atoms with van der Waals surface area (Å²) in [6.07, 6.45) is 3.78. The van der Waals surface area contributed by atoms with E-state index in [4.69, 9.17) is 10.2 Å². The van der Waals surface area contributed by atoms with Crippen LogP contribution >= 0.6 is 0 Å². The zero-order valence-corrected chi connectivity index (χ0v) is 16.8. The molecule has 0 fully saturated rings. The van der Waals surface area contributed by atoms with Gasteiger partial charge in [-0.15, -0.1) is 0 Å². The van der Waals surface area contributed by atoms with Crippen LogP contribution in [0.5, 0.6) is 0 Å². The van der Waals surface area contributed by atoms with Gasteiger partial charge in [0, 0.05) is 85.3 Å². The van der Waals surface area contributed by atoms with Gasteiger partial charge in [0.2, 0.25) is 0 Å². The van der Waals surface area contributed by atoms with Gasteiger partial charge >= 0.3 is 5.97 Å². The first kappa shape index (κ1) is 25.3. The molecule has 0 spiro atoms. The number of unbranched alkanes of at least 4 members (excludes halogenated alkanes) is 2. The van der Waals surface area contributed by atoms with Gasteiger partial charge in [0.05, 0.1) is 13.0 Å². The number of hydrogen-bond donors (Lipinski definition) is 3. The summed E-state index contributed by atoms with van der Waals surface area (Å²) in [5, 5.41) is 20.8. The fourth-order valence-corrected chi connectivity index (χ4v) is 1.59. The van der Waals surface area contributed by atoms with E-state index in [2.05, 4.69) is 12.2 Å². The number of hydrogen-bond acceptors (Lipinski definition) is 4. The molecule has 0 aromatic rings.